The Morgan fingerprint density at radius 3 is 2.45 bits per heavy atom. The van der Waals surface area contributed by atoms with Gasteiger partial charge < -0.3 is 19.6 Å². The number of nitrogens with zero attached hydrogens (tertiary/aromatic N) is 3. The van der Waals surface area contributed by atoms with Gasteiger partial charge in [0.15, 0.2) is 0 Å². The smallest absolute Gasteiger partial charge is 0.407 e. The molecule has 3 saturated heterocycles. The molecule has 1 atom stereocenters. The van der Waals surface area contributed by atoms with Crippen LogP contribution in [-0.4, -0.2) is 78.9 Å². The zero-order chi connectivity index (χ0) is 22.0. The minimum absolute atomic E-state index is 0.0384. The maximum Gasteiger partial charge on any atom is 0.407 e. The van der Waals surface area contributed by atoms with Crippen LogP contribution in [0.1, 0.15) is 51.0 Å². The highest BCUT2D eigenvalue weighted by atomic mass is 16.6. The van der Waals surface area contributed by atoms with E-state index in [1.54, 1.807) is 0 Å². The van der Waals surface area contributed by atoms with Gasteiger partial charge in [-0.25, -0.2) is 4.79 Å². The number of benzene rings is 1. The average Bonchev–Trinajstić information content (AvgIpc) is 3.07. The Balaban J connectivity index is 1.25. The molecule has 0 radical (unpaired) electrons. The van der Waals surface area contributed by atoms with Gasteiger partial charge in [0.05, 0.1) is 5.41 Å². The average molecular weight is 430 g/mol. The molecule has 3 aliphatic heterocycles. The molecule has 0 saturated carbocycles. The Kier molecular flexibility index (Phi) is 6.42. The monoisotopic (exact) mass is 429 g/mol. The molecule has 1 aromatic rings. The van der Waals surface area contributed by atoms with E-state index in [1.807, 2.05) is 0 Å². The van der Waals surface area contributed by atoms with Gasteiger partial charge >= 0.3 is 12.1 Å². The number of carboxylic acid groups (broad SMARTS) is 1. The van der Waals surface area contributed by atoms with Crippen molar-refractivity contribution in [2.45, 2.75) is 51.6 Å². The highest BCUT2D eigenvalue weighted by Gasteiger charge is 2.50. The number of carbonyl (C=O) groups excluding carboxylic acids is 1. The first-order valence-corrected chi connectivity index (χ1v) is 11.6. The predicted molar refractivity (Wildman–Crippen MR) is 120 cm³/mol. The highest BCUT2D eigenvalue weighted by Crippen LogP contribution is 2.44. The summed E-state index contributed by atoms with van der Waals surface area (Å²) >= 11 is 0. The molecule has 1 N–H and O–H groups in total. The summed E-state index contributed by atoms with van der Waals surface area (Å²) in [5, 5.41) is 9.15. The molecule has 3 aliphatic rings. The lowest BCUT2D eigenvalue weighted by molar-refractivity contribution is -0.150. The van der Waals surface area contributed by atoms with Crippen LogP contribution in [0.15, 0.2) is 24.3 Å². The highest BCUT2D eigenvalue weighted by molar-refractivity contribution is 5.79. The molecule has 7 heteroatoms. The standard InChI is InChI=1S/C24H35N3O4/c1-18(2)20-5-3-4-6-21(20)26-15-13-25(14-16-26)10-7-19-17-24(22(28)31-19)8-11-27(12-9-24)23(29)30/h3-6,18-19H,7-17H2,1-2H3,(H,29,30). The summed E-state index contributed by atoms with van der Waals surface area (Å²) < 4.78 is 5.73. The fourth-order valence-electron chi connectivity index (χ4n) is 5.34. The minimum atomic E-state index is -0.895. The van der Waals surface area contributed by atoms with Crippen LogP contribution in [0.25, 0.3) is 0 Å². The normalized spacial score (nSPS) is 24.1. The minimum Gasteiger partial charge on any atom is -0.465 e. The van der Waals surface area contributed by atoms with Gasteiger partial charge in [-0.3, -0.25) is 9.69 Å². The van der Waals surface area contributed by atoms with E-state index in [2.05, 4.69) is 47.9 Å². The third-order valence-corrected chi connectivity index (χ3v) is 7.36. The molecule has 0 aromatic heterocycles. The fraction of sp³-hybridized carbons (Fsp3) is 0.667. The van der Waals surface area contributed by atoms with Gasteiger partial charge in [-0.2, -0.15) is 0 Å². The molecule has 3 heterocycles. The Hall–Kier alpha value is -2.28. The zero-order valence-electron chi connectivity index (χ0n) is 18.8. The molecule has 7 nitrogen and oxygen atoms in total. The number of hydrogen-bond acceptors (Lipinski definition) is 5. The summed E-state index contributed by atoms with van der Waals surface area (Å²) in [5.74, 6) is 0.401. The topological polar surface area (TPSA) is 73.3 Å². The van der Waals surface area contributed by atoms with Crippen LogP contribution < -0.4 is 4.90 Å². The van der Waals surface area contributed by atoms with Crippen LogP contribution in [0.2, 0.25) is 0 Å². The van der Waals surface area contributed by atoms with Crippen molar-refractivity contribution in [2.75, 3.05) is 50.7 Å². The van der Waals surface area contributed by atoms with Crippen molar-refractivity contribution in [3.05, 3.63) is 29.8 Å². The van der Waals surface area contributed by atoms with E-state index in [0.717, 1.165) is 45.6 Å². The largest absolute Gasteiger partial charge is 0.465 e. The van der Waals surface area contributed by atoms with Crippen LogP contribution in [0.3, 0.4) is 0 Å². The van der Waals surface area contributed by atoms with E-state index in [9.17, 15) is 9.59 Å². The van der Waals surface area contributed by atoms with E-state index in [4.69, 9.17) is 9.84 Å². The van der Waals surface area contributed by atoms with Crippen LogP contribution >= 0.6 is 0 Å². The van der Waals surface area contributed by atoms with Gasteiger partial charge in [-0.05, 0) is 36.8 Å². The number of cyclic esters (lactones) is 1. The first kappa shape index (κ1) is 21.9. The maximum atomic E-state index is 12.6. The summed E-state index contributed by atoms with van der Waals surface area (Å²) in [6, 6.07) is 8.71. The number of hydrogen-bond donors (Lipinski definition) is 1. The summed E-state index contributed by atoms with van der Waals surface area (Å²) in [6.45, 7) is 10.4. The van der Waals surface area contributed by atoms with Gasteiger partial charge in [0.2, 0.25) is 0 Å². The van der Waals surface area contributed by atoms with Crippen LogP contribution in [0.5, 0.6) is 0 Å². The second-order valence-corrected chi connectivity index (χ2v) is 9.61. The number of esters is 1. The van der Waals surface area contributed by atoms with Gasteiger partial charge in [0, 0.05) is 57.9 Å². The number of carbonyl (C=O) groups is 2. The Morgan fingerprint density at radius 2 is 1.81 bits per heavy atom. The molecule has 31 heavy (non-hydrogen) atoms. The number of ether oxygens (including phenoxy) is 1. The molecular formula is C24H35N3O4. The van der Waals surface area contributed by atoms with E-state index >= 15 is 0 Å². The lowest BCUT2D eigenvalue weighted by atomic mass is 9.76. The maximum absolute atomic E-state index is 12.6. The molecule has 3 fully saturated rings. The third-order valence-electron chi connectivity index (χ3n) is 7.36. The van der Waals surface area contributed by atoms with E-state index in [-0.39, 0.29) is 12.1 Å². The first-order valence-electron chi connectivity index (χ1n) is 11.6. The second-order valence-electron chi connectivity index (χ2n) is 9.61. The summed E-state index contributed by atoms with van der Waals surface area (Å²) in [6.07, 6.45) is 1.83. The lowest BCUT2D eigenvalue weighted by Gasteiger charge is -2.37. The predicted octanol–water partition coefficient (Wildman–Crippen LogP) is 3.40. The van der Waals surface area contributed by atoms with Crippen molar-refractivity contribution in [3.63, 3.8) is 0 Å². The quantitative estimate of drug-likeness (QED) is 0.724. The number of likely N-dealkylation sites (tertiary alicyclic amines) is 1. The molecule has 4 rings (SSSR count). The molecule has 1 aromatic carbocycles. The summed E-state index contributed by atoms with van der Waals surface area (Å²) in [4.78, 5) is 30.1. The van der Waals surface area contributed by atoms with Gasteiger partial charge in [-0.1, -0.05) is 32.0 Å². The van der Waals surface area contributed by atoms with Crippen molar-refractivity contribution in [1.82, 2.24) is 9.80 Å². The van der Waals surface area contributed by atoms with Crippen molar-refractivity contribution in [2.24, 2.45) is 5.41 Å². The Morgan fingerprint density at radius 1 is 1.13 bits per heavy atom. The number of piperidine rings is 1. The SMILES string of the molecule is CC(C)c1ccccc1N1CCN(CCC2CC3(CCN(C(=O)O)CC3)C(=O)O2)CC1. The second kappa shape index (κ2) is 9.07. The zero-order valence-corrected chi connectivity index (χ0v) is 18.8. The number of rotatable bonds is 5. The van der Waals surface area contributed by atoms with Gasteiger partial charge in [0.25, 0.3) is 0 Å². The first-order chi connectivity index (χ1) is 14.9. The Bertz CT molecular complexity index is 796. The number of piperazine rings is 1. The number of amides is 1. The van der Waals surface area contributed by atoms with Crippen LogP contribution in [-0.2, 0) is 9.53 Å². The molecule has 1 amide bonds. The van der Waals surface area contributed by atoms with Crippen molar-refractivity contribution < 1.29 is 19.4 Å². The molecular weight excluding hydrogens is 394 g/mol. The van der Waals surface area contributed by atoms with Crippen LogP contribution in [0.4, 0.5) is 10.5 Å². The fourth-order valence-corrected chi connectivity index (χ4v) is 5.34. The third kappa shape index (κ3) is 4.66. The lowest BCUT2D eigenvalue weighted by Crippen LogP contribution is -2.47. The van der Waals surface area contributed by atoms with Crippen molar-refractivity contribution in [3.8, 4) is 0 Å². The molecule has 1 unspecified atom stereocenters. The molecule has 1 spiro atoms. The number of para-hydroxylation sites is 1. The Labute approximate surface area is 184 Å². The number of anilines is 1. The van der Waals surface area contributed by atoms with Crippen molar-refractivity contribution >= 4 is 17.7 Å². The van der Waals surface area contributed by atoms with Crippen LogP contribution in [0, 0.1) is 5.41 Å². The molecule has 0 aliphatic carbocycles. The molecule has 0 bridgehead atoms. The van der Waals surface area contributed by atoms with E-state index < -0.39 is 11.5 Å². The van der Waals surface area contributed by atoms with E-state index in [1.165, 1.54) is 16.2 Å². The van der Waals surface area contributed by atoms with Crippen molar-refractivity contribution in [1.29, 1.82) is 0 Å². The summed E-state index contributed by atoms with van der Waals surface area (Å²) in [7, 11) is 0. The van der Waals surface area contributed by atoms with Gasteiger partial charge in [-0.15, -0.1) is 0 Å². The van der Waals surface area contributed by atoms with E-state index in [0.29, 0.717) is 31.8 Å². The molecule has 170 valence electrons. The summed E-state index contributed by atoms with van der Waals surface area (Å²) in [5.41, 5.74) is 2.31. The van der Waals surface area contributed by atoms with Gasteiger partial charge in [0.1, 0.15) is 6.10 Å².